The third-order valence-corrected chi connectivity index (χ3v) is 6.65. The van der Waals surface area contributed by atoms with Gasteiger partial charge in [-0.25, -0.2) is 0 Å². The molecule has 1 aliphatic heterocycles. The zero-order valence-electron chi connectivity index (χ0n) is 19.9. The van der Waals surface area contributed by atoms with Gasteiger partial charge in [-0.2, -0.15) is 0 Å². The summed E-state index contributed by atoms with van der Waals surface area (Å²) < 4.78 is 17.5. The molecule has 7 heteroatoms. The Morgan fingerprint density at radius 1 is 1.03 bits per heavy atom. The van der Waals surface area contributed by atoms with Crippen molar-refractivity contribution >= 4 is 34.6 Å². The number of nitrogens with zero attached hydrogens (tertiary/aromatic N) is 1. The molecule has 178 valence electrons. The van der Waals surface area contributed by atoms with Gasteiger partial charge in [0.15, 0.2) is 16.6 Å². The first-order chi connectivity index (χ1) is 16.4. The quantitative estimate of drug-likeness (QED) is 0.401. The summed E-state index contributed by atoms with van der Waals surface area (Å²) in [4.78, 5) is 2.16. The second-order valence-corrected chi connectivity index (χ2v) is 9.20. The standard InChI is InChI=1S/C27H29ClN2O3S/c1-17-11-18(2)13-20(12-17)33-16-24-21-15-26(32-4)25(31-3)14-19(21)9-10-30(24)27(34)29-23-8-6-5-7-22(23)28/h5-8,11-15,24H,9-10,16H2,1-4H3,(H,29,34). The number of ether oxygens (including phenoxy) is 3. The molecule has 0 radical (unpaired) electrons. The monoisotopic (exact) mass is 496 g/mol. The van der Waals surface area contributed by atoms with E-state index in [0.29, 0.717) is 22.5 Å². The van der Waals surface area contributed by atoms with Crippen molar-refractivity contribution in [3.8, 4) is 17.2 Å². The Hall–Kier alpha value is -2.96. The van der Waals surface area contributed by atoms with Crippen LogP contribution in [0.25, 0.3) is 0 Å². The number of methoxy groups -OCH3 is 2. The molecule has 1 heterocycles. The van der Waals surface area contributed by atoms with Gasteiger partial charge in [0.25, 0.3) is 0 Å². The first kappa shape index (κ1) is 24.2. The Labute approximate surface area is 211 Å². The van der Waals surface area contributed by atoms with Crippen LogP contribution in [0.2, 0.25) is 5.02 Å². The average Bonchev–Trinajstić information content (AvgIpc) is 2.82. The maximum absolute atomic E-state index is 6.37. The Kier molecular flexibility index (Phi) is 7.49. The van der Waals surface area contributed by atoms with E-state index in [1.165, 1.54) is 16.7 Å². The van der Waals surface area contributed by atoms with Crippen molar-refractivity contribution in [3.05, 3.63) is 81.9 Å². The van der Waals surface area contributed by atoms with Crippen molar-refractivity contribution in [2.24, 2.45) is 0 Å². The molecule has 1 unspecified atom stereocenters. The van der Waals surface area contributed by atoms with Gasteiger partial charge in [-0.1, -0.05) is 29.8 Å². The summed E-state index contributed by atoms with van der Waals surface area (Å²) in [6.07, 6.45) is 0.820. The van der Waals surface area contributed by atoms with E-state index in [4.69, 9.17) is 38.0 Å². The van der Waals surface area contributed by atoms with E-state index >= 15 is 0 Å². The molecule has 4 rings (SSSR count). The van der Waals surface area contributed by atoms with E-state index in [9.17, 15) is 0 Å². The normalized spacial score (nSPS) is 14.9. The smallest absolute Gasteiger partial charge is 0.174 e. The van der Waals surface area contributed by atoms with E-state index in [0.717, 1.165) is 35.7 Å². The Morgan fingerprint density at radius 3 is 2.38 bits per heavy atom. The highest BCUT2D eigenvalue weighted by Gasteiger charge is 2.31. The van der Waals surface area contributed by atoms with Gasteiger partial charge in [0.2, 0.25) is 0 Å². The number of thiocarbonyl (C=S) groups is 1. The van der Waals surface area contributed by atoms with Crippen LogP contribution in [0, 0.1) is 13.8 Å². The molecule has 5 nitrogen and oxygen atoms in total. The number of rotatable bonds is 6. The van der Waals surface area contributed by atoms with Gasteiger partial charge in [0, 0.05) is 6.54 Å². The third-order valence-electron chi connectivity index (χ3n) is 5.98. The highest BCUT2D eigenvalue weighted by Crippen LogP contribution is 2.39. The molecule has 0 aromatic heterocycles. The van der Waals surface area contributed by atoms with Gasteiger partial charge < -0.3 is 24.4 Å². The molecular weight excluding hydrogens is 468 g/mol. The summed E-state index contributed by atoms with van der Waals surface area (Å²) in [6, 6.07) is 17.8. The molecule has 0 saturated heterocycles. The molecule has 0 bridgehead atoms. The zero-order chi connectivity index (χ0) is 24.2. The maximum Gasteiger partial charge on any atom is 0.174 e. The number of aryl methyl sites for hydroxylation is 2. The Bertz CT molecular complexity index is 1180. The van der Waals surface area contributed by atoms with Gasteiger partial charge in [-0.15, -0.1) is 0 Å². The van der Waals surface area contributed by atoms with Crippen molar-refractivity contribution in [2.75, 3.05) is 32.7 Å². The van der Waals surface area contributed by atoms with Crippen molar-refractivity contribution in [3.63, 3.8) is 0 Å². The fraction of sp³-hybridized carbons (Fsp3) is 0.296. The lowest BCUT2D eigenvalue weighted by Gasteiger charge is -2.39. The molecule has 0 spiro atoms. The van der Waals surface area contributed by atoms with Crippen molar-refractivity contribution in [2.45, 2.75) is 26.3 Å². The number of halogens is 1. The van der Waals surface area contributed by atoms with Crippen LogP contribution in [0.15, 0.2) is 54.6 Å². The molecule has 0 aliphatic carbocycles. The van der Waals surface area contributed by atoms with E-state index in [1.54, 1.807) is 14.2 Å². The number of hydrogen-bond donors (Lipinski definition) is 1. The number of fused-ring (bicyclic) bond motifs is 1. The fourth-order valence-corrected chi connectivity index (χ4v) is 4.90. The molecule has 0 amide bonds. The van der Waals surface area contributed by atoms with E-state index < -0.39 is 0 Å². The molecule has 3 aromatic carbocycles. The SMILES string of the molecule is COc1cc2c(cc1OC)C(COc1cc(C)cc(C)c1)N(C(=S)Nc1ccccc1Cl)CC2. The van der Waals surface area contributed by atoms with Crippen LogP contribution < -0.4 is 19.5 Å². The molecule has 1 N–H and O–H groups in total. The molecule has 1 aliphatic rings. The second kappa shape index (κ2) is 10.5. The summed E-state index contributed by atoms with van der Waals surface area (Å²) in [5.74, 6) is 2.25. The van der Waals surface area contributed by atoms with E-state index in [-0.39, 0.29) is 6.04 Å². The summed E-state index contributed by atoms with van der Waals surface area (Å²) in [6.45, 7) is 5.30. The van der Waals surface area contributed by atoms with Crippen LogP contribution in [-0.2, 0) is 6.42 Å². The van der Waals surface area contributed by atoms with Crippen molar-refractivity contribution < 1.29 is 14.2 Å². The number of para-hydroxylation sites is 1. The van der Waals surface area contributed by atoms with Crippen LogP contribution in [0.1, 0.15) is 28.3 Å². The topological polar surface area (TPSA) is 43.0 Å². The predicted octanol–water partition coefficient (Wildman–Crippen LogP) is 6.35. The van der Waals surface area contributed by atoms with Crippen LogP contribution >= 0.6 is 23.8 Å². The molecule has 3 aromatic rings. The highest BCUT2D eigenvalue weighted by atomic mass is 35.5. The highest BCUT2D eigenvalue weighted by molar-refractivity contribution is 7.80. The van der Waals surface area contributed by atoms with Gasteiger partial charge in [-0.05, 0) is 91.1 Å². The summed E-state index contributed by atoms with van der Waals surface area (Å²) in [7, 11) is 3.30. The minimum absolute atomic E-state index is 0.119. The van der Waals surface area contributed by atoms with Gasteiger partial charge >= 0.3 is 0 Å². The second-order valence-electron chi connectivity index (χ2n) is 8.41. The van der Waals surface area contributed by atoms with Crippen LogP contribution in [0.4, 0.5) is 5.69 Å². The summed E-state index contributed by atoms with van der Waals surface area (Å²) in [5, 5.41) is 4.54. The lowest BCUT2D eigenvalue weighted by atomic mass is 9.92. The molecule has 0 saturated carbocycles. The number of benzene rings is 3. The van der Waals surface area contributed by atoms with Crippen LogP contribution in [-0.4, -0.2) is 37.4 Å². The lowest BCUT2D eigenvalue weighted by Crippen LogP contribution is -2.44. The Morgan fingerprint density at radius 2 is 1.71 bits per heavy atom. The van der Waals surface area contributed by atoms with E-state index in [2.05, 4.69) is 48.3 Å². The predicted molar refractivity (Wildman–Crippen MR) is 142 cm³/mol. The van der Waals surface area contributed by atoms with Gasteiger partial charge in [0.1, 0.15) is 12.4 Å². The largest absolute Gasteiger partial charge is 0.493 e. The fourth-order valence-electron chi connectivity index (χ4n) is 4.39. The van der Waals surface area contributed by atoms with Gasteiger partial charge in [-0.3, -0.25) is 0 Å². The zero-order valence-corrected chi connectivity index (χ0v) is 21.4. The van der Waals surface area contributed by atoms with Crippen molar-refractivity contribution in [1.82, 2.24) is 4.90 Å². The summed E-state index contributed by atoms with van der Waals surface area (Å²) in [5.41, 5.74) is 5.41. The van der Waals surface area contributed by atoms with Crippen molar-refractivity contribution in [1.29, 1.82) is 0 Å². The average molecular weight is 497 g/mol. The third kappa shape index (κ3) is 5.24. The number of hydrogen-bond acceptors (Lipinski definition) is 4. The number of nitrogens with one attached hydrogen (secondary N) is 1. The minimum atomic E-state index is -0.119. The molecule has 34 heavy (non-hydrogen) atoms. The maximum atomic E-state index is 6.37. The molecule has 1 atom stereocenters. The van der Waals surface area contributed by atoms with E-state index in [1.807, 2.05) is 30.3 Å². The summed E-state index contributed by atoms with van der Waals surface area (Å²) >= 11 is 12.2. The first-order valence-corrected chi connectivity index (χ1v) is 12.0. The van der Waals surface area contributed by atoms with Crippen LogP contribution in [0.5, 0.6) is 17.2 Å². The first-order valence-electron chi connectivity index (χ1n) is 11.2. The Balaban J connectivity index is 1.67. The number of anilines is 1. The lowest BCUT2D eigenvalue weighted by molar-refractivity contribution is 0.190. The van der Waals surface area contributed by atoms with Crippen LogP contribution in [0.3, 0.4) is 0 Å². The van der Waals surface area contributed by atoms with Gasteiger partial charge in [0.05, 0.1) is 31.0 Å². The molecular formula is C27H29ClN2O3S. The minimum Gasteiger partial charge on any atom is -0.493 e. The molecule has 0 fully saturated rings.